The van der Waals surface area contributed by atoms with E-state index in [4.69, 9.17) is 4.74 Å². The van der Waals surface area contributed by atoms with E-state index in [1.165, 1.54) is 32.1 Å². The van der Waals surface area contributed by atoms with Gasteiger partial charge in [-0.25, -0.2) is 0 Å². The van der Waals surface area contributed by atoms with Crippen molar-refractivity contribution in [1.82, 2.24) is 0 Å². The Balaban J connectivity index is 2.09. The lowest BCUT2D eigenvalue weighted by Gasteiger charge is -2.37. The lowest BCUT2D eigenvalue weighted by molar-refractivity contribution is -0.190. The maximum absolute atomic E-state index is 11.2. The Morgan fingerprint density at radius 1 is 1.20 bits per heavy atom. The summed E-state index contributed by atoms with van der Waals surface area (Å²) >= 11 is 0. The van der Waals surface area contributed by atoms with Crippen LogP contribution in [0.2, 0.25) is 0 Å². The van der Waals surface area contributed by atoms with Crippen molar-refractivity contribution in [1.29, 1.82) is 0 Å². The highest BCUT2D eigenvalue weighted by Crippen LogP contribution is 2.32. The third-order valence-corrected chi connectivity index (χ3v) is 3.25. The number of ether oxygens (including phenoxy) is 1. The zero-order chi connectivity index (χ0) is 11.3. The molecular weight excluding hydrogens is 188 g/mol. The number of hydrogen-bond donors (Lipinski definition) is 0. The zero-order valence-electron chi connectivity index (χ0n) is 10.3. The van der Waals surface area contributed by atoms with Crippen LogP contribution in [0.3, 0.4) is 0 Å². The molecule has 1 fully saturated rings. The normalized spacial score (nSPS) is 25.2. The van der Waals surface area contributed by atoms with E-state index >= 15 is 0 Å². The topological polar surface area (TPSA) is 26.3 Å². The third kappa shape index (κ3) is 3.51. The van der Waals surface area contributed by atoms with Gasteiger partial charge in [0.15, 0.2) is 0 Å². The summed E-state index contributed by atoms with van der Waals surface area (Å²) < 4.78 is 5.18. The minimum atomic E-state index is 0.0172. The van der Waals surface area contributed by atoms with Crippen molar-refractivity contribution in [2.75, 3.05) is 0 Å². The fourth-order valence-electron chi connectivity index (χ4n) is 2.27. The van der Waals surface area contributed by atoms with Gasteiger partial charge < -0.3 is 4.74 Å². The van der Waals surface area contributed by atoms with Crippen LogP contribution >= 0.6 is 0 Å². The van der Waals surface area contributed by atoms with Crippen molar-refractivity contribution in [3.05, 3.63) is 0 Å². The molecule has 1 heterocycles. The van der Waals surface area contributed by atoms with E-state index in [1.54, 1.807) is 0 Å². The molecule has 0 saturated carbocycles. The Kier molecular flexibility index (Phi) is 5.13. The molecule has 0 aliphatic carbocycles. The molecule has 88 valence electrons. The molecule has 1 rings (SSSR count). The van der Waals surface area contributed by atoms with Crippen molar-refractivity contribution < 1.29 is 9.53 Å². The van der Waals surface area contributed by atoms with Crippen LogP contribution in [-0.2, 0) is 9.53 Å². The Morgan fingerprint density at radius 2 is 1.87 bits per heavy atom. The number of rotatable bonds is 7. The van der Waals surface area contributed by atoms with Crippen LogP contribution < -0.4 is 0 Å². The van der Waals surface area contributed by atoms with Crippen molar-refractivity contribution >= 4 is 5.97 Å². The second kappa shape index (κ2) is 6.14. The Hall–Kier alpha value is -0.530. The van der Waals surface area contributed by atoms with Crippen LogP contribution in [0.25, 0.3) is 0 Å². The monoisotopic (exact) mass is 212 g/mol. The molecule has 0 unspecified atom stereocenters. The van der Waals surface area contributed by atoms with Gasteiger partial charge in [-0.15, -0.1) is 0 Å². The highest BCUT2D eigenvalue weighted by molar-refractivity contribution is 5.78. The Morgan fingerprint density at radius 3 is 2.40 bits per heavy atom. The predicted molar refractivity (Wildman–Crippen MR) is 61.6 cm³/mol. The van der Waals surface area contributed by atoms with E-state index in [0.29, 0.717) is 5.92 Å². The average Bonchev–Trinajstić information content (AvgIpc) is 2.14. The largest absolute Gasteiger partial charge is 0.461 e. The summed E-state index contributed by atoms with van der Waals surface area (Å²) in [5, 5.41) is 0. The number of unbranched alkanes of at least 4 members (excludes halogenated alkanes) is 4. The number of hydrogen-bond acceptors (Lipinski definition) is 2. The molecule has 15 heavy (non-hydrogen) atoms. The van der Waals surface area contributed by atoms with E-state index in [2.05, 4.69) is 20.8 Å². The van der Waals surface area contributed by atoms with Gasteiger partial charge >= 0.3 is 5.97 Å². The summed E-state index contributed by atoms with van der Waals surface area (Å²) in [6, 6.07) is 0. The molecular formula is C13H24O2. The van der Waals surface area contributed by atoms with Crippen molar-refractivity contribution in [2.45, 2.75) is 65.4 Å². The second-order valence-corrected chi connectivity index (χ2v) is 4.95. The van der Waals surface area contributed by atoms with Gasteiger partial charge in [-0.2, -0.15) is 0 Å². The van der Waals surface area contributed by atoms with Gasteiger partial charge in [0.2, 0.25) is 0 Å². The minimum absolute atomic E-state index is 0.0172. The third-order valence-electron chi connectivity index (χ3n) is 3.25. The SMILES string of the molecule is CCCCCCC[C@H]1OC(=O)[C@H]1C(C)C. The number of carbonyl (C=O) groups is 1. The van der Waals surface area contributed by atoms with E-state index in [0.717, 1.165) is 6.42 Å². The molecule has 2 atom stereocenters. The molecule has 1 saturated heterocycles. The van der Waals surface area contributed by atoms with Crippen molar-refractivity contribution in [3.63, 3.8) is 0 Å². The first kappa shape index (κ1) is 12.5. The lowest BCUT2D eigenvalue weighted by Crippen LogP contribution is -2.47. The average molecular weight is 212 g/mol. The van der Waals surface area contributed by atoms with Gasteiger partial charge in [-0.3, -0.25) is 4.79 Å². The first-order chi connectivity index (χ1) is 7.16. The van der Waals surface area contributed by atoms with Crippen LogP contribution in [0.1, 0.15) is 59.3 Å². The van der Waals surface area contributed by atoms with Gasteiger partial charge in [0.25, 0.3) is 0 Å². The highest BCUT2D eigenvalue weighted by Gasteiger charge is 2.43. The van der Waals surface area contributed by atoms with Gasteiger partial charge in [0.05, 0.1) is 5.92 Å². The summed E-state index contributed by atoms with van der Waals surface area (Å²) in [6.07, 6.45) is 7.72. The van der Waals surface area contributed by atoms with Crippen LogP contribution in [0.15, 0.2) is 0 Å². The van der Waals surface area contributed by atoms with Gasteiger partial charge in [0.1, 0.15) is 6.10 Å². The molecule has 2 heteroatoms. The first-order valence-corrected chi connectivity index (χ1v) is 6.37. The Bertz CT molecular complexity index is 199. The standard InChI is InChI=1S/C13H24O2/c1-4-5-6-7-8-9-11-12(10(2)3)13(14)15-11/h10-12H,4-9H2,1-3H3/t11-,12+/m1/s1. The predicted octanol–water partition coefficient (Wildman–Crippen LogP) is 3.54. The van der Waals surface area contributed by atoms with Crippen molar-refractivity contribution in [2.24, 2.45) is 11.8 Å². The van der Waals surface area contributed by atoms with Crippen LogP contribution in [0, 0.1) is 11.8 Å². The quantitative estimate of drug-likeness (QED) is 0.476. The molecule has 0 aromatic carbocycles. The molecule has 0 radical (unpaired) electrons. The molecule has 0 amide bonds. The van der Waals surface area contributed by atoms with Crippen molar-refractivity contribution in [3.8, 4) is 0 Å². The van der Waals surface area contributed by atoms with Gasteiger partial charge in [0, 0.05) is 0 Å². The number of carbonyl (C=O) groups excluding carboxylic acids is 1. The zero-order valence-corrected chi connectivity index (χ0v) is 10.3. The van der Waals surface area contributed by atoms with E-state index in [1.807, 2.05) is 0 Å². The maximum Gasteiger partial charge on any atom is 0.313 e. The second-order valence-electron chi connectivity index (χ2n) is 4.95. The smallest absolute Gasteiger partial charge is 0.313 e. The number of esters is 1. The summed E-state index contributed by atoms with van der Waals surface area (Å²) in [5.74, 6) is 0.631. The van der Waals surface area contributed by atoms with Crippen LogP contribution in [-0.4, -0.2) is 12.1 Å². The Labute approximate surface area is 93.4 Å². The molecule has 0 aromatic heterocycles. The number of cyclic esters (lactones) is 1. The van der Waals surface area contributed by atoms with Gasteiger partial charge in [-0.05, 0) is 18.8 Å². The maximum atomic E-state index is 11.2. The molecule has 0 spiro atoms. The summed E-state index contributed by atoms with van der Waals surface area (Å²) in [6.45, 7) is 6.44. The minimum Gasteiger partial charge on any atom is -0.461 e. The fraction of sp³-hybridized carbons (Fsp3) is 0.923. The summed E-state index contributed by atoms with van der Waals surface area (Å²) in [5.41, 5.74) is 0. The van der Waals surface area contributed by atoms with Gasteiger partial charge in [-0.1, -0.05) is 46.5 Å². The fourth-order valence-corrected chi connectivity index (χ4v) is 2.27. The first-order valence-electron chi connectivity index (χ1n) is 6.37. The molecule has 1 aliphatic rings. The van der Waals surface area contributed by atoms with E-state index in [-0.39, 0.29) is 18.0 Å². The molecule has 2 nitrogen and oxygen atoms in total. The van der Waals surface area contributed by atoms with E-state index in [9.17, 15) is 4.79 Å². The molecule has 0 aromatic rings. The molecule has 0 N–H and O–H groups in total. The highest BCUT2D eigenvalue weighted by atomic mass is 16.6. The summed E-state index contributed by atoms with van der Waals surface area (Å²) in [7, 11) is 0. The van der Waals surface area contributed by atoms with E-state index < -0.39 is 0 Å². The lowest BCUT2D eigenvalue weighted by atomic mass is 9.83. The molecule has 0 bridgehead atoms. The van der Waals surface area contributed by atoms with Crippen LogP contribution in [0.5, 0.6) is 0 Å². The van der Waals surface area contributed by atoms with Crippen LogP contribution in [0.4, 0.5) is 0 Å². The summed E-state index contributed by atoms with van der Waals surface area (Å²) in [4.78, 5) is 11.2. The molecule has 1 aliphatic heterocycles.